The first-order chi connectivity index (χ1) is 13.3. The Morgan fingerprint density at radius 3 is 2.25 bits per heavy atom. The summed E-state index contributed by atoms with van der Waals surface area (Å²) in [7, 11) is 1.56. The van der Waals surface area contributed by atoms with E-state index in [0.717, 1.165) is 22.5 Å². The summed E-state index contributed by atoms with van der Waals surface area (Å²) < 4.78 is 0. The molecule has 0 aliphatic heterocycles. The smallest absolute Gasteiger partial charge is 0.348 e. The fraction of sp³-hybridized carbons (Fsp3) is 0.136. The van der Waals surface area contributed by atoms with Crippen LogP contribution in [0.25, 0.3) is 10.4 Å². The molecule has 1 amide bonds. The van der Waals surface area contributed by atoms with E-state index in [1.165, 1.54) is 11.8 Å². The largest absolute Gasteiger partial charge is 0.477 e. The van der Waals surface area contributed by atoms with Crippen molar-refractivity contribution in [2.45, 2.75) is 13.8 Å². The number of amides is 1. The monoisotopic (exact) mass is 393 g/mol. The lowest BCUT2D eigenvalue weighted by Crippen LogP contribution is -2.27. The van der Waals surface area contributed by atoms with Crippen LogP contribution in [0.15, 0.2) is 54.6 Å². The van der Waals surface area contributed by atoms with E-state index < -0.39 is 5.97 Å². The van der Waals surface area contributed by atoms with Gasteiger partial charge in [0.05, 0.1) is 5.69 Å². The van der Waals surface area contributed by atoms with Crippen molar-refractivity contribution in [1.82, 2.24) is 0 Å². The zero-order chi connectivity index (χ0) is 20.4. The maximum Gasteiger partial charge on any atom is 0.348 e. The summed E-state index contributed by atoms with van der Waals surface area (Å²) in [5.41, 5.74) is 3.13. The van der Waals surface area contributed by atoms with Crippen molar-refractivity contribution in [3.8, 4) is 10.4 Å². The highest BCUT2D eigenvalue weighted by atomic mass is 32.1. The summed E-state index contributed by atoms with van der Waals surface area (Å²) in [4.78, 5) is 38.3. The normalized spacial score (nSPS) is 10.5. The fourth-order valence-electron chi connectivity index (χ4n) is 2.82. The van der Waals surface area contributed by atoms with Gasteiger partial charge in [-0.1, -0.05) is 35.9 Å². The van der Waals surface area contributed by atoms with E-state index in [4.69, 9.17) is 0 Å². The summed E-state index contributed by atoms with van der Waals surface area (Å²) in [5, 5.41) is 9.62. The minimum Gasteiger partial charge on any atom is -0.477 e. The van der Waals surface area contributed by atoms with E-state index in [-0.39, 0.29) is 16.6 Å². The third-order valence-electron chi connectivity index (χ3n) is 4.42. The topological polar surface area (TPSA) is 74.7 Å². The van der Waals surface area contributed by atoms with Gasteiger partial charge in [0.15, 0.2) is 5.78 Å². The molecule has 2 aromatic carbocycles. The number of thiophene rings is 1. The Bertz CT molecular complexity index is 1070. The number of Topliss-reactive ketones (excluding diaryl/α,β-unsaturated/α-hetero) is 1. The van der Waals surface area contributed by atoms with Crippen LogP contribution in [0, 0.1) is 6.92 Å². The number of anilines is 1. The van der Waals surface area contributed by atoms with E-state index in [1.807, 2.05) is 25.1 Å². The molecule has 0 saturated heterocycles. The Labute approximate surface area is 166 Å². The molecule has 3 rings (SSSR count). The minimum absolute atomic E-state index is 0.0660. The second-order valence-corrected chi connectivity index (χ2v) is 7.55. The number of aromatic carboxylic acids is 1. The first-order valence-corrected chi connectivity index (χ1v) is 9.43. The number of carboxylic acid groups (broad SMARTS) is 1. The number of carboxylic acids is 1. The van der Waals surface area contributed by atoms with Crippen molar-refractivity contribution in [1.29, 1.82) is 0 Å². The van der Waals surface area contributed by atoms with E-state index >= 15 is 0 Å². The molecule has 0 aliphatic rings. The van der Waals surface area contributed by atoms with Crippen molar-refractivity contribution in [2.75, 3.05) is 11.9 Å². The van der Waals surface area contributed by atoms with Gasteiger partial charge in [0.2, 0.25) is 0 Å². The molecule has 0 fully saturated rings. The predicted octanol–water partition coefficient (Wildman–Crippen LogP) is 4.90. The van der Waals surface area contributed by atoms with Crippen molar-refractivity contribution < 1.29 is 19.5 Å². The van der Waals surface area contributed by atoms with Gasteiger partial charge < -0.3 is 10.0 Å². The zero-order valence-corrected chi connectivity index (χ0v) is 16.5. The van der Waals surface area contributed by atoms with Crippen LogP contribution >= 0.6 is 11.3 Å². The SMILES string of the molecule is CC(=O)c1cccc(-c2cc(N(C)C(=O)c3ccc(C)cc3)c(C(=O)O)s2)c1. The summed E-state index contributed by atoms with van der Waals surface area (Å²) in [5.74, 6) is -1.45. The Balaban J connectivity index is 2.02. The third-order valence-corrected chi connectivity index (χ3v) is 5.59. The number of rotatable bonds is 5. The van der Waals surface area contributed by atoms with Crippen LogP contribution in [-0.2, 0) is 0 Å². The Kier molecular flexibility index (Phi) is 5.42. The molecule has 0 atom stereocenters. The van der Waals surface area contributed by atoms with Crippen LogP contribution in [-0.4, -0.2) is 29.8 Å². The number of hydrogen-bond donors (Lipinski definition) is 1. The maximum atomic E-state index is 12.8. The molecule has 28 heavy (non-hydrogen) atoms. The molecule has 0 unspecified atom stereocenters. The standard InChI is InChI=1S/C22H19NO4S/c1-13-7-9-15(10-8-13)21(25)23(3)18-12-19(28-20(18)22(26)27)17-6-4-5-16(11-17)14(2)24/h4-12H,1-3H3,(H,26,27). The highest BCUT2D eigenvalue weighted by Gasteiger charge is 2.23. The summed E-state index contributed by atoms with van der Waals surface area (Å²) in [6.07, 6.45) is 0. The van der Waals surface area contributed by atoms with E-state index in [1.54, 1.807) is 43.4 Å². The number of hydrogen-bond acceptors (Lipinski definition) is 4. The summed E-state index contributed by atoms with van der Waals surface area (Å²) >= 11 is 1.08. The van der Waals surface area contributed by atoms with Gasteiger partial charge in [-0.15, -0.1) is 11.3 Å². The van der Waals surface area contributed by atoms with Gasteiger partial charge in [-0.25, -0.2) is 4.79 Å². The quantitative estimate of drug-likeness (QED) is 0.626. The molecule has 1 aromatic heterocycles. The highest BCUT2D eigenvalue weighted by Crippen LogP contribution is 2.37. The second kappa shape index (κ2) is 7.78. The Hall–Kier alpha value is -3.25. The molecule has 142 valence electrons. The second-order valence-electron chi connectivity index (χ2n) is 6.50. The first kappa shape index (κ1) is 19.5. The molecule has 6 heteroatoms. The maximum absolute atomic E-state index is 12.8. The van der Waals surface area contributed by atoms with Gasteiger partial charge in [0, 0.05) is 23.1 Å². The minimum atomic E-state index is -1.10. The van der Waals surface area contributed by atoms with Crippen LogP contribution in [0.2, 0.25) is 0 Å². The van der Waals surface area contributed by atoms with Crippen molar-refractivity contribution in [2.24, 2.45) is 0 Å². The van der Waals surface area contributed by atoms with Gasteiger partial charge in [-0.3, -0.25) is 9.59 Å². The van der Waals surface area contributed by atoms with E-state index in [9.17, 15) is 19.5 Å². The van der Waals surface area contributed by atoms with Crippen LogP contribution in [0.3, 0.4) is 0 Å². The number of carbonyl (C=O) groups excluding carboxylic acids is 2. The zero-order valence-electron chi connectivity index (χ0n) is 15.7. The van der Waals surface area contributed by atoms with Gasteiger partial charge in [-0.05, 0) is 43.7 Å². The molecular weight excluding hydrogens is 374 g/mol. The summed E-state index contributed by atoms with van der Waals surface area (Å²) in [6.45, 7) is 3.41. The van der Waals surface area contributed by atoms with Crippen molar-refractivity contribution in [3.63, 3.8) is 0 Å². The van der Waals surface area contributed by atoms with Crippen LogP contribution in [0.4, 0.5) is 5.69 Å². The molecule has 0 radical (unpaired) electrons. The molecule has 5 nitrogen and oxygen atoms in total. The fourth-order valence-corrected chi connectivity index (χ4v) is 3.84. The average molecular weight is 393 g/mol. The van der Waals surface area contributed by atoms with E-state index in [0.29, 0.717) is 21.7 Å². The number of benzene rings is 2. The molecule has 0 spiro atoms. The molecule has 1 heterocycles. The molecule has 0 saturated carbocycles. The van der Waals surface area contributed by atoms with Crippen LogP contribution < -0.4 is 4.90 Å². The number of ketones is 1. The number of aryl methyl sites for hydroxylation is 1. The predicted molar refractivity (Wildman–Crippen MR) is 111 cm³/mol. The van der Waals surface area contributed by atoms with E-state index in [2.05, 4.69) is 0 Å². The molecule has 0 aliphatic carbocycles. The van der Waals surface area contributed by atoms with Gasteiger partial charge in [0.1, 0.15) is 4.88 Å². The van der Waals surface area contributed by atoms with Crippen molar-refractivity contribution >= 4 is 34.7 Å². The first-order valence-electron chi connectivity index (χ1n) is 8.61. The molecule has 3 aromatic rings. The van der Waals surface area contributed by atoms with Crippen molar-refractivity contribution in [3.05, 3.63) is 76.2 Å². The third kappa shape index (κ3) is 3.87. The lowest BCUT2D eigenvalue weighted by molar-refractivity contribution is 0.0702. The number of nitrogens with zero attached hydrogens (tertiary/aromatic N) is 1. The van der Waals surface area contributed by atoms with Gasteiger partial charge in [0.25, 0.3) is 5.91 Å². The number of carbonyl (C=O) groups is 3. The highest BCUT2D eigenvalue weighted by molar-refractivity contribution is 7.18. The molecule has 0 bridgehead atoms. The Morgan fingerprint density at radius 2 is 1.64 bits per heavy atom. The van der Waals surface area contributed by atoms with Crippen LogP contribution in [0.1, 0.15) is 42.9 Å². The van der Waals surface area contributed by atoms with Gasteiger partial charge in [-0.2, -0.15) is 0 Å². The van der Waals surface area contributed by atoms with Crippen LogP contribution in [0.5, 0.6) is 0 Å². The molecule has 1 N–H and O–H groups in total. The molecular formula is C22H19NO4S. The summed E-state index contributed by atoms with van der Waals surface area (Å²) in [6, 6.07) is 15.8. The van der Waals surface area contributed by atoms with Gasteiger partial charge >= 0.3 is 5.97 Å². The lowest BCUT2D eigenvalue weighted by Gasteiger charge is -2.17. The lowest BCUT2D eigenvalue weighted by atomic mass is 10.1. The average Bonchev–Trinajstić information content (AvgIpc) is 3.13. The Morgan fingerprint density at radius 1 is 0.964 bits per heavy atom.